The average molecular weight is 859 g/mol. The number of carbonyl (C=O) groups excluding carboxylic acids is 2. The fourth-order valence-electron chi connectivity index (χ4n) is 5.11. The third kappa shape index (κ3) is 71.3. The molecule has 0 aromatic carbocycles. The normalized spacial score (nSPS) is 13.5. The van der Waals surface area contributed by atoms with Crippen LogP contribution in [-0.2, 0) is 28.5 Å². The lowest BCUT2D eigenvalue weighted by Gasteiger charge is -2.24. The van der Waals surface area contributed by atoms with E-state index in [0.717, 1.165) is 51.7 Å². The molecular weight excluding hydrogens is 749 g/mol. The average Bonchev–Trinajstić information content (AvgIpc) is 2.97. The summed E-state index contributed by atoms with van der Waals surface area (Å²) in [6, 6.07) is 0. The number of rotatable bonds is 19. The number of hydrogen-bond acceptors (Lipinski definition) is 7. The van der Waals surface area contributed by atoms with E-state index in [-0.39, 0.29) is 39.7 Å². The van der Waals surface area contributed by atoms with E-state index in [9.17, 15) is 14.7 Å². The molecule has 0 radical (unpaired) electrons. The summed E-state index contributed by atoms with van der Waals surface area (Å²) in [7, 11) is 0. The Hall–Kier alpha value is -1.18. The van der Waals surface area contributed by atoms with Gasteiger partial charge in [-0.05, 0) is 94.7 Å². The molecule has 0 rings (SSSR count). The molecule has 0 aromatic heterocycles. The topological polar surface area (TPSA) is 91.3 Å². The van der Waals surface area contributed by atoms with E-state index in [4.69, 9.17) is 18.9 Å². The van der Waals surface area contributed by atoms with Crippen LogP contribution in [0.25, 0.3) is 0 Å². The Morgan fingerprint density at radius 2 is 0.733 bits per heavy atom. The Morgan fingerprint density at radius 3 is 1.08 bits per heavy atom. The van der Waals surface area contributed by atoms with Crippen LogP contribution in [0, 0.1) is 43.3 Å². The number of ether oxygens (including phenoxy) is 4. The van der Waals surface area contributed by atoms with Gasteiger partial charge in [-0.2, -0.15) is 0 Å². The third-order valence-corrected chi connectivity index (χ3v) is 8.34. The van der Waals surface area contributed by atoms with Gasteiger partial charge in [0.1, 0.15) is 0 Å². The van der Waals surface area contributed by atoms with Crippen LogP contribution in [0.1, 0.15) is 243 Å². The Labute approximate surface area is 376 Å². The summed E-state index contributed by atoms with van der Waals surface area (Å²) in [6.07, 6.45) is 11.4. The van der Waals surface area contributed by atoms with E-state index in [1.54, 1.807) is 0 Å². The minimum Gasteiger partial charge on any atom is -0.466 e. The predicted molar refractivity (Wildman–Crippen MR) is 261 cm³/mol. The summed E-state index contributed by atoms with van der Waals surface area (Å²) >= 11 is 0. The summed E-state index contributed by atoms with van der Waals surface area (Å²) in [4.78, 5) is 22.8. The first-order valence-corrected chi connectivity index (χ1v) is 23.7. The van der Waals surface area contributed by atoms with Crippen molar-refractivity contribution < 1.29 is 33.6 Å². The van der Waals surface area contributed by atoms with Crippen LogP contribution in [0.4, 0.5) is 0 Å². The smallest absolute Gasteiger partial charge is 0.305 e. The monoisotopic (exact) mass is 859 g/mol. The zero-order chi connectivity index (χ0) is 48.3. The zero-order valence-corrected chi connectivity index (χ0v) is 45.2. The number of aliphatic hydroxyl groups is 1. The van der Waals surface area contributed by atoms with Crippen LogP contribution in [0.2, 0.25) is 0 Å². The largest absolute Gasteiger partial charge is 0.466 e. The molecule has 1 atom stereocenters. The van der Waals surface area contributed by atoms with Crippen molar-refractivity contribution >= 4 is 11.9 Å². The molecule has 7 nitrogen and oxygen atoms in total. The lowest BCUT2D eigenvalue weighted by Crippen LogP contribution is -2.25. The first kappa shape index (κ1) is 65.4. The minimum atomic E-state index is -0.336. The highest BCUT2D eigenvalue weighted by molar-refractivity contribution is 5.69. The van der Waals surface area contributed by atoms with E-state index in [2.05, 4.69) is 166 Å². The maximum atomic E-state index is 11.4. The molecule has 0 amide bonds. The van der Waals surface area contributed by atoms with Crippen LogP contribution in [0.5, 0.6) is 0 Å². The van der Waals surface area contributed by atoms with Crippen molar-refractivity contribution in [2.45, 2.75) is 249 Å². The van der Waals surface area contributed by atoms with Crippen molar-refractivity contribution in [3.8, 4) is 0 Å². The van der Waals surface area contributed by atoms with Gasteiger partial charge in [0.25, 0.3) is 0 Å². The van der Waals surface area contributed by atoms with E-state index in [1.165, 1.54) is 25.7 Å². The van der Waals surface area contributed by atoms with Crippen LogP contribution in [0.15, 0.2) is 0 Å². The molecule has 0 spiro atoms. The first-order chi connectivity index (χ1) is 26.5. The maximum Gasteiger partial charge on any atom is 0.305 e. The minimum absolute atomic E-state index is 0.0387. The summed E-state index contributed by atoms with van der Waals surface area (Å²) in [5, 5.41) is 9.66. The molecule has 1 N–H and O–H groups in total. The van der Waals surface area contributed by atoms with Crippen molar-refractivity contribution in [1.29, 1.82) is 0 Å². The van der Waals surface area contributed by atoms with Gasteiger partial charge in [-0.15, -0.1) is 0 Å². The van der Waals surface area contributed by atoms with E-state index in [1.807, 2.05) is 0 Å². The van der Waals surface area contributed by atoms with Gasteiger partial charge in [0, 0.05) is 19.4 Å². The quantitative estimate of drug-likeness (QED) is 0.102. The molecule has 60 heavy (non-hydrogen) atoms. The van der Waals surface area contributed by atoms with Gasteiger partial charge in [0.2, 0.25) is 0 Å². The Balaban J connectivity index is -0.000000350. The number of unbranched alkanes of at least 4 members (excludes halogenated alkanes) is 2. The van der Waals surface area contributed by atoms with Gasteiger partial charge < -0.3 is 24.1 Å². The fraction of sp³-hybridized carbons (Fsp3) is 0.962. The second-order valence-corrected chi connectivity index (χ2v) is 27.1. The molecule has 0 aliphatic rings. The Morgan fingerprint density at radius 1 is 0.383 bits per heavy atom. The van der Waals surface area contributed by atoms with Crippen LogP contribution in [0.3, 0.4) is 0 Å². The maximum absolute atomic E-state index is 11.4. The van der Waals surface area contributed by atoms with E-state index >= 15 is 0 Å². The first-order valence-electron chi connectivity index (χ1n) is 23.7. The van der Waals surface area contributed by atoms with Gasteiger partial charge in [-0.1, -0.05) is 179 Å². The Bertz CT molecular complexity index is 1020. The molecule has 0 aliphatic heterocycles. The molecule has 0 fully saturated rings. The fourth-order valence-corrected chi connectivity index (χ4v) is 5.11. The molecular formula is C53H110O7. The third-order valence-electron chi connectivity index (χ3n) is 8.34. The van der Waals surface area contributed by atoms with Crippen molar-refractivity contribution in [2.24, 2.45) is 43.3 Å². The van der Waals surface area contributed by atoms with Crippen molar-refractivity contribution in [2.75, 3.05) is 39.6 Å². The molecule has 0 aromatic rings. The number of carbonyl (C=O) groups is 2. The van der Waals surface area contributed by atoms with Crippen molar-refractivity contribution in [1.82, 2.24) is 0 Å². The summed E-state index contributed by atoms with van der Waals surface area (Å²) < 4.78 is 21.5. The van der Waals surface area contributed by atoms with Gasteiger partial charge in [-0.3, -0.25) is 9.59 Å². The number of aliphatic hydroxyl groups excluding tert-OH is 1. The van der Waals surface area contributed by atoms with Crippen molar-refractivity contribution in [3.05, 3.63) is 0 Å². The molecule has 1 unspecified atom stereocenters. The molecule has 0 saturated carbocycles. The standard InChI is InChI=1S/C15H30O2.C14H28O2.C12H26O2.C12H26O/c1-14(2,3)10-8-7-9-13(16)17-12-11-15(4,5)6;1-13(2,3)10-8-7-9-12(15)16-11-14(4,5)6;1-11(2,3)7-10(13)8-14-9-12(4,5)6;1-11(2,3)8-7-9-13-10-12(4,5)6/h7-12H2,1-6H3;7-11H2,1-6H3;10,13H,7-9H2,1-6H3;7-10H2,1-6H3. The number of hydrogen-bond donors (Lipinski definition) is 1. The van der Waals surface area contributed by atoms with Gasteiger partial charge >= 0.3 is 11.9 Å². The molecule has 0 aliphatic carbocycles. The predicted octanol–water partition coefficient (Wildman–Crippen LogP) is 15.5. The highest BCUT2D eigenvalue weighted by Gasteiger charge is 2.19. The second kappa shape index (κ2) is 30.8. The van der Waals surface area contributed by atoms with Gasteiger partial charge in [0.15, 0.2) is 0 Å². The van der Waals surface area contributed by atoms with E-state index < -0.39 is 0 Å². The lowest BCUT2D eigenvalue weighted by molar-refractivity contribution is -0.146. The number of esters is 2. The molecule has 0 bridgehead atoms. The summed E-state index contributed by atoms with van der Waals surface area (Å²) in [5.74, 6) is -0.0907. The SMILES string of the molecule is CC(C)(C)CCCCC(=O)OCC(C)(C)C.CC(C)(C)CCCCC(=O)OCCC(C)(C)C.CC(C)(C)CCCOCC(C)(C)C.CC(C)(C)COCC(O)CC(C)(C)C. The second-order valence-electron chi connectivity index (χ2n) is 27.1. The lowest BCUT2D eigenvalue weighted by atomic mass is 9.89. The molecule has 0 heterocycles. The van der Waals surface area contributed by atoms with Gasteiger partial charge in [-0.25, -0.2) is 0 Å². The molecule has 0 saturated heterocycles. The highest BCUT2D eigenvalue weighted by atomic mass is 16.5. The van der Waals surface area contributed by atoms with E-state index in [0.29, 0.717) is 60.9 Å². The zero-order valence-electron chi connectivity index (χ0n) is 45.2. The van der Waals surface area contributed by atoms with Crippen LogP contribution in [-0.4, -0.2) is 62.8 Å². The highest BCUT2D eigenvalue weighted by Crippen LogP contribution is 2.25. The summed E-state index contributed by atoms with van der Waals surface area (Å²) in [6.45, 7) is 56.3. The molecule has 7 heteroatoms. The van der Waals surface area contributed by atoms with Crippen LogP contribution < -0.4 is 0 Å². The van der Waals surface area contributed by atoms with Crippen LogP contribution >= 0.6 is 0 Å². The summed E-state index contributed by atoms with van der Waals surface area (Å²) in [5.41, 5.74) is 2.16. The molecule has 364 valence electrons. The van der Waals surface area contributed by atoms with Gasteiger partial charge in [0.05, 0.1) is 39.1 Å². The van der Waals surface area contributed by atoms with Crippen molar-refractivity contribution in [3.63, 3.8) is 0 Å². The Kier molecular flexibility index (Phi) is 33.6.